The molecular weight excluding hydrogens is 184 g/mol. The average molecular weight is 198 g/mol. The Hall–Kier alpha value is -0.900. The van der Waals surface area contributed by atoms with Gasteiger partial charge in [0.2, 0.25) is 0 Å². The van der Waals surface area contributed by atoms with Crippen molar-refractivity contribution in [1.82, 2.24) is 10.3 Å². The summed E-state index contributed by atoms with van der Waals surface area (Å²) in [7, 11) is 0. The van der Waals surface area contributed by atoms with E-state index in [1.165, 1.54) is 11.3 Å². The van der Waals surface area contributed by atoms with Gasteiger partial charge >= 0.3 is 0 Å². The summed E-state index contributed by atoms with van der Waals surface area (Å²) in [4.78, 5) is 15.5. The summed E-state index contributed by atoms with van der Waals surface area (Å²) in [6.07, 6.45) is 0.906. The third-order valence-corrected chi connectivity index (χ3v) is 2.59. The van der Waals surface area contributed by atoms with Crippen LogP contribution < -0.4 is 5.32 Å². The first-order valence-electron chi connectivity index (χ1n) is 4.26. The van der Waals surface area contributed by atoms with E-state index < -0.39 is 0 Å². The second kappa shape index (κ2) is 3.87. The molecule has 0 radical (unpaired) electrons. The zero-order valence-corrected chi connectivity index (χ0v) is 8.94. The van der Waals surface area contributed by atoms with E-state index in [-0.39, 0.29) is 11.4 Å². The molecule has 0 aliphatic rings. The minimum atomic E-state index is -0.152. The lowest BCUT2D eigenvalue weighted by molar-refractivity contribution is 0.0907. The van der Waals surface area contributed by atoms with Crippen molar-refractivity contribution in [2.45, 2.75) is 32.7 Å². The van der Waals surface area contributed by atoms with Crippen molar-refractivity contribution in [1.29, 1.82) is 0 Å². The number of rotatable bonds is 3. The molecule has 0 saturated carbocycles. The number of carbonyl (C=O) groups is 1. The summed E-state index contributed by atoms with van der Waals surface area (Å²) in [5.74, 6) is -0.0897. The maximum Gasteiger partial charge on any atom is 0.271 e. The van der Waals surface area contributed by atoms with Crippen LogP contribution in [0.3, 0.4) is 0 Å². The quantitative estimate of drug-likeness (QED) is 0.807. The first-order valence-corrected chi connectivity index (χ1v) is 5.20. The van der Waals surface area contributed by atoms with Crippen molar-refractivity contribution < 1.29 is 4.79 Å². The van der Waals surface area contributed by atoms with Crippen LogP contribution in [0.4, 0.5) is 0 Å². The lowest BCUT2D eigenvalue weighted by Gasteiger charge is -2.23. The molecule has 72 valence electrons. The molecule has 1 N–H and O–H groups in total. The number of nitrogens with zero attached hydrogens (tertiary/aromatic N) is 1. The predicted octanol–water partition coefficient (Wildman–Crippen LogP) is 2.06. The lowest BCUT2D eigenvalue weighted by Crippen LogP contribution is -2.42. The zero-order valence-electron chi connectivity index (χ0n) is 8.13. The van der Waals surface area contributed by atoms with E-state index in [0.29, 0.717) is 5.69 Å². The minimum absolute atomic E-state index is 0.0897. The van der Waals surface area contributed by atoms with Gasteiger partial charge < -0.3 is 5.32 Å². The third-order valence-electron chi connectivity index (χ3n) is 2.00. The number of amides is 1. The number of aromatic nitrogens is 1. The Kier molecular flexibility index (Phi) is 3.03. The molecule has 0 aromatic carbocycles. The highest BCUT2D eigenvalue weighted by atomic mass is 32.1. The highest BCUT2D eigenvalue weighted by Gasteiger charge is 2.19. The van der Waals surface area contributed by atoms with Gasteiger partial charge in [0.05, 0.1) is 5.51 Å². The van der Waals surface area contributed by atoms with Crippen LogP contribution in [0.25, 0.3) is 0 Å². The minimum Gasteiger partial charge on any atom is -0.346 e. The van der Waals surface area contributed by atoms with E-state index in [9.17, 15) is 4.79 Å². The molecule has 0 bridgehead atoms. The molecular formula is C9H14N2OS. The fraction of sp³-hybridized carbons (Fsp3) is 0.556. The van der Waals surface area contributed by atoms with Crippen molar-refractivity contribution in [2.24, 2.45) is 0 Å². The molecule has 0 spiro atoms. The van der Waals surface area contributed by atoms with Gasteiger partial charge in [-0.15, -0.1) is 11.3 Å². The maximum absolute atomic E-state index is 11.5. The van der Waals surface area contributed by atoms with Gasteiger partial charge in [0.25, 0.3) is 5.91 Å². The molecule has 0 unspecified atom stereocenters. The zero-order chi connectivity index (χ0) is 9.90. The van der Waals surface area contributed by atoms with E-state index in [2.05, 4.69) is 10.3 Å². The first-order chi connectivity index (χ1) is 6.05. The number of hydrogen-bond donors (Lipinski definition) is 1. The topological polar surface area (TPSA) is 42.0 Å². The second-order valence-corrected chi connectivity index (χ2v) is 4.28. The molecule has 1 amide bonds. The highest BCUT2D eigenvalue weighted by Crippen LogP contribution is 2.09. The van der Waals surface area contributed by atoms with Crippen molar-refractivity contribution >= 4 is 17.2 Å². The number of nitrogens with one attached hydrogen (secondary N) is 1. The molecule has 0 aliphatic heterocycles. The molecule has 13 heavy (non-hydrogen) atoms. The van der Waals surface area contributed by atoms with Gasteiger partial charge in [-0.25, -0.2) is 4.98 Å². The van der Waals surface area contributed by atoms with E-state index in [0.717, 1.165) is 6.42 Å². The summed E-state index contributed by atoms with van der Waals surface area (Å²) in [5.41, 5.74) is 2.01. The largest absolute Gasteiger partial charge is 0.346 e. The fourth-order valence-corrected chi connectivity index (χ4v) is 1.32. The summed E-state index contributed by atoms with van der Waals surface area (Å²) < 4.78 is 0. The number of carbonyl (C=O) groups excluding carboxylic acids is 1. The van der Waals surface area contributed by atoms with Crippen LogP contribution in [0.1, 0.15) is 37.7 Å². The van der Waals surface area contributed by atoms with Crippen LogP contribution in [0.15, 0.2) is 10.9 Å². The Morgan fingerprint density at radius 3 is 2.85 bits per heavy atom. The normalized spacial score (nSPS) is 11.3. The van der Waals surface area contributed by atoms with Gasteiger partial charge in [-0.3, -0.25) is 4.79 Å². The van der Waals surface area contributed by atoms with E-state index >= 15 is 0 Å². The standard InChI is InChI=1S/C9H14N2OS/c1-4-9(2,3)11-8(12)7-5-13-6-10-7/h5-6H,4H2,1-3H3,(H,11,12). The van der Waals surface area contributed by atoms with Gasteiger partial charge in [0.1, 0.15) is 5.69 Å². The molecule has 0 fully saturated rings. The molecule has 1 aromatic rings. The van der Waals surface area contributed by atoms with Gasteiger partial charge in [-0.1, -0.05) is 6.92 Å². The summed E-state index contributed by atoms with van der Waals surface area (Å²) in [5, 5.41) is 4.66. The molecule has 0 atom stereocenters. The van der Waals surface area contributed by atoms with Gasteiger partial charge in [-0.2, -0.15) is 0 Å². The third kappa shape index (κ3) is 2.81. The van der Waals surface area contributed by atoms with E-state index in [1.807, 2.05) is 20.8 Å². The van der Waals surface area contributed by atoms with Crippen LogP contribution in [0, 0.1) is 0 Å². The Morgan fingerprint density at radius 2 is 2.38 bits per heavy atom. The summed E-state index contributed by atoms with van der Waals surface area (Å²) in [6.45, 7) is 6.04. The van der Waals surface area contributed by atoms with Gasteiger partial charge in [0, 0.05) is 10.9 Å². The van der Waals surface area contributed by atoms with Crippen LogP contribution in [0.5, 0.6) is 0 Å². The van der Waals surface area contributed by atoms with Crippen LogP contribution in [0.2, 0.25) is 0 Å². The Morgan fingerprint density at radius 1 is 1.69 bits per heavy atom. The molecule has 0 saturated heterocycles. The Balaban J connectivity index is 2.61. The molecule has 4 heteroatoms. The predicted molar refractivity (Wildman–Crippen MR) is 54.0 cm³/mol. The Labute approximate surface area is 82.2 Å². The first kappa shape index (κ1) is 10.2. The second-order valence-electron chi connectivity index (χ2n) is 3.57. The molecule has 1 aromatic heterocycles. The smallest absolute Gasteiger partial charge is 0.271 e. The van der Waals surface area contributed by atoms with Crippen LogP contribution in [-0.2, 0) is 0 Å². The van der Waals surface area contributed by atoms with Gasteiger partial charge in [-0.05, 0) is 20.3 Å². The summed E-state index contributed by atoms with van der Waals surface area (Å²) >= 11 is 1.43. The van der Waals surface area contributed by atoms with Crippen molar-refractivity contribution in [3.63, 3.8) is 0 Å². The monoisotopic (exact) mass is 198 g/mol. The van der Waals surface area contributed by atoms with Crippen molar-refractivity contribution in [3.8, 4) is 0 Å². The molecule has 1 heterocycles. The van der Waals surface area contributed by atoms with Crippen molar-refractivity contribution in [3.05, 3.63) is 16.6 Å². The van der Waals surface area contributed by atoms with Crippen molar-refractivity contribution in [2.75, 3.05) is 0 Å². The Bertz CT molecular complexity index is 280. The fourth-order valence-electron chi connectivity index (χ4n) is 0.784. The summed E-state index contributed by atoms with van der Waals surface area (Å²) in [6, 6.07) is 0. The molecule has 0 aliphatic carbocycles. The van der Waals surface area contributed by atoms with Crippen LogP contribution in [-0.4, -0.2) is 16.4 Å². The number of hydrogen-bond acceptors (Lipinski definition) is 3. The highest BCUT2D eigenvalue weighted by molar-refractivity contribution is 7.07. The van der Waals surface area contributed by atoms with E-state index in [1.54, 1.807) is 10.9 Å². The van der Waals surface area contributed by atoms with E-state index in [4.69, 9.17) is 0 Å². The average Bonchev–Trinajstić information content (AvgIpc) is 2.55. The molecule has 1 rings (SSSR count). The van der Waals surface area contributed by atoms with Gasteiger partial charge in [0.15, 0.2) is 0 Å². The SMILES string of the molecule is CCC(C)(C)NC(=O)c1cscn1. The maximum atomic E-state index is 11.5. The van der Waals surface area contributed by atoms with Crippen LogP contribution >= 0.6 is 11.3 Å². The lowest BCUT2D eigenvalue weighted by atomic mass is 10.0. The number of thiazole rings is 1. The molecule has 3 nitrogen and oxygen atoms in total.